The van der Waals surface area contributed by atoms with Crippen LogP contribution in [0, 0.1) is 0 Å². The zero-order valence-corrected chi connectivity index (χ0v) is 17.8. The van der Waals surface area contributed by atoms with Crippen molar-refractivity contribution in [2.75, 3.05) is 7.11 Å². The van der Waals surface area contributed by atoms with Crippen molar-refractivity contribution in [3.63, 3.8) is 0 Å². The van der Waals surface area contributed by atoms with Crippen LogP contribution < -0.4 is 10.5 Å². The molecule has 172 valence electrons. The predicted octanol–water partition coefficient (Wildman–Crippen LogP) is 5.08. The lowest BCUT2D eigenvalue weighted by Gasteiger charge is -2.14. The Kier molecular flexibility index (Phi) is 7.37. The van der Waals surface area contributed by atoms with Crippen LogP contribution in [0.15, 0.2) is 72.8 Å². The molecule has 3 aromatic rings. The third-order valence-corrected chi connectivity index (χ3v) is 5.10. The molecule has 0 fully saturated rings. The summed E-state index contributed by atoms with van der Waals surface area (Å²) in [7, 11) is 1.24. The summed E-state index contributed by atoms with van der Waals surface area (Å²) in [4.78, 5) is 23.2. The van der Waals surface area contributed by atoms with Crippen molar-refractivity contribution in [2.24, 2.45) is 5.73 Å². The minimum absolute atomic E-state index is 0.150. The van der Waals surface area contributed by atoms with Crippen molar-refractivity contribution in [1.29, 1.82) is 0 Å². The number of carbonyl (C=O) groups is 2. The number of primary amides is 1. The minimum atomic E-state index is -4.37. The lowest BCUT2D eigenvalue weighted by Crippen LogP contribution is -2.24. The van der Waals surface area contributed by atoms with E-state index in [1.165, 1.54) is 19.2 Å². The van der Waals surface area contributed by atoms with Gasteiger partial charge in [0.15, 0.2) is 0 Å². The molecule has 33 heavy (non-hydrogen) atoms. The Morgan fingerprint density at radius 2 is 1.61 bits per heavy atom. The number of alkyl halides is 3. The quantitative estimate of drug-likeness (QED) is 0.479. The molecule has 0 saturated heterocycles. The van der Waals surface area contributed by atoms with Gasteiger partial charge in [0.25, 0.3) is 0 Å². The van der Waals surface area contributed by atoms with Crippen molar-refractivity contribution >= 4 is 11.9 Å². The normalized spacial score (nSPS) is 12.1. The lowest BCUT2D eigenvalue weighted by atomic mass is 9.95. The van der Waals surface area contributed by atoms with Crippen LogP contribution in [0.4, 0.5) is 13.2 Å². The summed E-state index contributed by atoms with van der Waals surface area (Å²) in [6.45, 7) is 0.231. The first kappa shape index (κ1) is 23.8. The number of esters is 1. The zero-order valence-electron chi connectivity index (χ0n) is 17.8. The van der Waals surface area contributed by atoms with Gasteiger partial charge in [0.1, 0.15) is 12.4 Å². The molecule has 0 heterocycles. The Labute approximate surface area is 188 Å². The van der Waals surface area contributed by atoms with Crippen LogP contribution in [-0.4, -0.2) is 19.0 Å². The van der Waals surface area contributed by atoms with E-state index in [0.717, 1.165) is 23.3 Å². The number of nitrogens with two attached hydrogens (primary N) is 1. The summed E-state index contributed by atoms with van der Waals surface area (Å²) in [6, 6.07) is 18.9. The van der Waals surface area contributed by atoms with Gasteiger partial charge in [-0.15, -0.1) is 0 Å². The summed E-state index contributed by atoms with van der Waals surface area (Å²) in [6.07, 6.45) is -4.52. The first-order chi connectivity index (χ1) is 15.7. The van der Waals surface area contributed by atoms with Crippen LogP contribution in [0.2, 0.25) is 0 Å². The molecule has 0 aromatic heterocycles. The topological polar surface area (TPSA) is 78.6 Å². The average molecular weight is 457 g/mol. The Bertz CT molecular complexity index is 1110. The molecule has 0 unspecified atom stereocenters. The molecule has 1 amide bonds. The molecule has 3 aromatic carbocycles. The van der Waals surface area contributed by atoms with Gasteiger partial charge < -0.3 is 15.2 Å². The Balaban J connectivity index is 1.67. The first-order valence-corrected chi connectivity index (χ1v) is 10.0. The molecule has 0 aliphatic rings. The van der Waals surface area contributed by atoms with Crippen LogP contribution in [-0.2, 0) is 27.1 Å². The van der Waals surface area contributed by atoms with Crippen LogP contribution in [0.25, 0.3) is 11.1 Å². The fraction of sp³-hybridized carbons (Fsp3) is 0.200. The van der Waals surface area contributed by atoms with Gasteiger partial charge in [0.05, 0.1) is 25.0 Å². The largest absolute Gasteiger partial charge is 0.489 e. The SMILES string of the molecule is COC(=O)C[C@H](C(N)=O)c1ccc(OCc2cccc(-c3ccc(C(F)(F)F)cc3)c2)cc1. The molecule has 0 bridgehead atoms. The lowest BCUT2D eigenvalue weighted by molar-refractivity contribution is -0.142. The predicted molar refractivity (Wildman–Crippen MR) is 116 cm³/mol. The smallest absolute Gasteiger partial charge is 0.416 e. The van der Waals surface area contributed by atoms with E-state index in [4.69, 9.17) is 10.5 Å². The zero-order chi connectivity index (χ0) is 24.0. The number of rotatable bonds is 8. The van der Waals surface area contributed by atoms with Gasteiger partial charge in [-0.05, 0) is 52.6 Å². The molecule has 5 nitrogen and oxygen atoms in total. The molecule has 3 rings (SSSR count). The van der Waals surface area contributed by atoms with Crippen molar-refractivity contribution in [2.45, 2.75) is 25.1 Å². The summed E-state index contributed by atoms with van der Waals surface area (Å²) < 4.78 is 48.7. The van der Waals surface area contributed by atoms with E-state index in [9.17, 15) is 22.8 Å². The summed E-state index contributed by atoms with van der Waals surface area (Å²) in [5.74, 6) is -1.42. The van der Waals surface area contributed by atoms with Gasteiger partial charge in [-0.2, -0.15) is 13.2 Å². The Hall–Kier alpha value is -3.81. The van der Waals surface area contributed by atoms with Crippen LogP contribution in [0.5, 0.6) is 5.75 Å². The van der Waals surface area contributed by atoms with E-state index in [0.29, 0.717) is 16.9 Å². The Morgan fingerprint density at radius 1 is 0.939 bits per heavy atom. The number of amides is 1. The van der Waals surface area contributed by atoms with E-state index >= 15 is 0 Å². The number of halogens is 3. The van der Waals surface area contributed by atoms with Crippen molar-refractivity contribution in [3.05, 3.63) is 89.5 Å². The standard InChI is InChI=1S/C25H22F3NO4/c1-32-23(30)14-22(24(29)31)18-7-11-21(12-8-18)33-15-16-3-2-4-19(13-16)17-5-9-20(10-6-17)25(26,27)28/h2-13,22H,14-15H2,1H3,(H2,29,31)/t22-/m0/s1. The van der Waals surface area contributed by atoms with Crippen LogP contribution >= 0.6 is 0 Å². The number of methoxy groups -OCH3 is 1. The maximum absolute atomic E-state index is 12.8. The maximum atomic E-state index is 12.8. The van der Waals surface area contributed by atoms with Crippen molar-refractivity contribution in [1.82, 2.24) is 0 Å². The number of ether oxygens (including phenoxy) is 2. The van der Waals surface area contributed by atoms with Crippen molar-refractivity contribution in [3.8, 4) is 16.9 Å². The van der Waals surface area contributed by atoms with Gasteiger partial charge in [0, 0.05) is 0 Å². The minimum Gasteiger partial charge on any atom is -0.489 e. The number of benzene rings is 3. The molecular formula is C25H22F3NO4. The molecule has 0 aliphatic heterocycles. The van der Waals surface area contributed by atoms with Gasteiger partial charge >= 0.3 is 12.1 Å². The summed E-state index contributed by atoms with van der Waals surface area (Å²) in [5.41, 5.74) is 7.55. The second kappa shape index (κ2) is 10.2. The highest BCUT2D eigenvalue weighted by Gasteiger charge is 2.30. The molecular weight excluding hydrogens is 435 g/mol. The number of hydrogen-bond acceptors (Lipinski definition) is 4. The average Bonchev–Trinajstić information content (AvgIpc) is 2.81. The van der Waals surface area contributed by atoms with E-state index in [1.54, 1.807) is 30.3 Å². The highest BCUT2D eigenvalue weighted by Crippen LogP contribution is 2.31. The number of carbonyl (C=O) groups excluding carboxylic acids is 2. The molecule has 0 aliphatic carbocycles. The fourth-order valence-corrected chi connectivity index (χ4v) is 3.29. The molecule has 8 heteroatoms. The van der Waals surface area contributed by atoms with Gasteiger partial charge in [-0.3, -0.25) is 9.59 Å². The van der Waals surface area contributed by atoms with Gasteiger partial charge in [-0.25, -0.2) is 0 Å². The third-order valence-electron chi connectivity index (χ3n) is 5.10. The first-order valence-electron chi connectivity index (χ1n) is 10.0. The molecule has 0 radical (unpaired) electrons. The van der Waals surface area contributed by atoms with Gasteiger partial charge in [-0.1, -0.05) is 42.5 Å². The summed E-state index contributed by atoms with van der Waals surface area (Å²) in [5, 5.41) is 0. The second-order valence-corrected chi connectivity index (χ2v) is 7.37. The van der Waals surface area contributed by atoms with Gasteiger partial charge in [0.2, 0.25) is 5.91 Å². The van der Waals surface area contributed by atoms with Crippen LogP contribution in [0.3, 0.4) is 0 Å². The molecule has 1 atom stereocenters. The third kappa shape index (κ3) is 6.35. The van der Waals surface area contributed by atoms with Crippen molar-refractivity contribution < 1.29 is 32.2 Å². The highest BCUT2D eigenvalue weighted by atomic mass is 19.4. The van der Waals surface area contributed by atoms with Crippen LogP contribution in [0.1, 0.15) is 29.0 Å². The van der Waals surface area contributed by atoms with E-state index in [1.807, 2.05) is 18.2 Å². The van der Waals surface area contributed by atoms with E-state index in [2.05, 4.69) is 4.74 Å². The monoisotopic (exact) mass is 457 g/mol. The van der Waals surface area contributed by atoms with E-state index in [-0.39, 0.29) is 13.0 Å². The molecule has 0 saturated carbocycles. The molecule has 2 N–H and O–H groups in total. The maximum Gasteiger partial charge on any atom is 0.416 e. The highest BCUT2D eigenvalue weighted by molar-refractivity contribution is 5.87. The fourth-order valence-electron chi connectivity index (χ4n) is 3.29. The second-order valence-electron chi connectivity index (χ2n) is 7.37. The Morgan fingerprint density at radius 3 is 2.18 bits per heavy atom. The molecule has 0 spiro atoms. The van der Waals surface area contributed by atoms with E-state index < -0.39 is 29.5 Å². The summed E-state index contributed by atoms with van der Waals surface area (Å²) >= 11 is 0. The number of hydrogen-bond donors (Lipinski definition) is 1.